The number of rotatable bonds is 32. The highest BCUT2D eigenvalue weighted by molar-refractivity contribution is 8.58. The molecule has 0 fully saturated rings. The molecule has 0 aromatic carbocycles. The average molecular weight is 673 g/mol. The minimum absolute atomic E-state index is 0.716. The van der Waals surface area contributed by atoms with E-state index in [1.54, 1.807) is 0 Å². The predicted octanol–water partition coefficient (Wildman–Crippen LogP) is 9.93. The van der Waals surface area contributed by atoms with Crippen molar-refractivity contribution in [2.24, 2.45) is 0 Å². The van der Waals surface area contributed by atoms with Gasteiger partial charge in [0, 0.05) is 51.7 Å². The van der Waals surface area contributed by atoms with Crippen molar-refractivity contribution >= 4 is 46.4 Å². The van der Waals surface area contributed by atoms with Crippen molar-refractivity contribution in [3.8, 4) is 0 Å². The van der Waals surface area contributed by atoms with Gasteiger partial charge in [-0.2, -0.15) is 22.4 Å². The van der Waals surface area contributed by atoms with Gasteiger partial charge in [0.2, 0.25) is 0 Å². The highest BCUT2D eigenvalue weighted by Gasteiger charge is 2.44. The van der Waals surface area contributed by atoms with Crippen molar-refractivity contribution in [3.63, 3.8) is 0 Å². The van der Waals surface area contributed by atoms with Gasteiger partial charge in [-0.15, -0.1) is 0 Å². The van der Waals surface area contributed by atoms with E-state index in [1.807, 2.05) is 0 Å². The van der Waals surface area contributed by atoms with Gasteiger partial charge >= 0.3 is 17.6 Å². The highest BCUT2D eigenvalue weighted by Crippen LogP contribution is 2.44. The molecule has 0 saturated heterocycles. The van der Waals surface area contributed by atoms with Crippen LogP contribution in [0.1, 0.15) is 120 Å². The fourth-order valence-electron chi connectivity index (χ4n) is 4.30. The van der Waals surface area contributed by atoms with Crippen LogP contribution in [0.25, 0.3) is 0 Å². The third kappa shape index (κ3) is 19.3. The molecular weight excluding hydrogens is 605 g/mol. The molecule has 0 amide bonds. The lowest BCUT2D eigenvalue weighted by Crippen LogP contribution is -2.48. The van der Waals surface area contributed by atoms with Crippen molar-refractivity contribution in [2.45, 2.75) is 144 Å². The fraction of sp³-hybridized carbons (Fsp3) is 1.00. The molecule has 6 nitrogen and oxygen atoms in total. The molecular formula is C30H68O6S2Si3. The standard InChI is InChI=1S/C30H68O6S2Si3/c1-9-17-27-39(28-18-10-2,37-25-29-40(31-19-11-3,32-20-12-4)33-21-13-5)38-26-30-41(34-22-14-6,35-23-15-7)36-24-16-8/h9-30H2,1-8H3. The van der Waals surface area contributed by atoms with Crippen molar-refractivity contribution in [2.75, 3.05) is 51.1 Å². The van der Waals surface area contributed by atoms with Crippen LogP contribution < -0.4 is 0 Å². The van der Waals surface area contributed by atoms with Crippen LogP contribution >= 0.6 is 22.4 Å². The SMILES string of the molecule is CCCC[Si](CCCC)(SCC[Si](OCCC)(OCCC)OCCC)SCC[Si](OCCC)(OCCC)OCCC. The zero-order valence-corrected chi connectivity index (χ0v) is 33.0. The van der Waals surface area contributed by atoms with Crippen molar-refractivity contribution < 1.29 is 26.6 Å². The summed E-state index contributed by atoms with van der Waals surface area (Å²) in [4.78, 5) is 0. The molecule has 0 heterocycles. The molecule has 0 aromatic rings. The highest BCUT2D eigenvalue weighted by atomic mass is 32.6. The van der Waals surface area contributed by atoms with Crippen LogP contribution in [0.2, 0.25) is 24.2 Å². The van der Waals surface area contributed by atoms with Crippen molar-refractivity contribution in [3.05, 3.63) is 0 Å². The third-order valence-electron chi connectivity index (χ3n) is 6.53. The van der Waals surface area contributed by atoms with Gasteiger partial charge in [-0.1, -0.05) is 81.1 Å². The lowest BCUT2D eigenvalue weighted by Gasteiger charge is -2.35. The third-order valence-corrected chi connectivity index (χ3v) is 25.9. The van der Waals surface area contributed by atoms with Gasteiger partial charge in [0.15, 0.2) is 6.37 Å². The van der Waals surface area contributed by atoms with Crippen LogP contribution in [0.5, 0.6) is 0 Å². The first-order valence-corrected chi connectivity index (χ1v) is 26.7. The lowest BCUT2D eigenvalue weighted by atomic mass is 10.4. The zero-order chi connectivity index (χ0) is 30.7. The average Bonchev–Trinajstić information content (AvgIpc) is 2.99. The lowest BCUT2D eigenvalue weighted by molar-refractivity contribution is 0.0601. The second-order valence-electron chi connectivity index (χ2n) is 10.8. The van der Waals surface area contributed by atoms with E-state index in [9.17, 15) is 0 Å². The van der Waals surface area contributed by atoms with E-state index in [1.165, 1.54) is 37.8 Å². The van der Waals surface area contributed by atoms with Crippen LogP contribution in [0.4, 0.5) is 0 Å². The second kappa shape index (κ2) is 27.4. The Morgan fingerprint density at radius 2 is 0.634 bits per heavy atom. The van der Waals surface area contributed by atoms with Gasteiger partial charge in [0.1, 0.15) is 0 Å². The summed E-state index contributed by atoms with van der Waals surface area (Å²) in [6, 6.07) is 4.52. The first kappa shape index (κ1) is 42.1. The number of hydrogen-bond acceptors (Lipinski definition) is 8. The topological polar surface area (TPSA) is 55.4 Å². The molecule has 0 bridgehead atoms. The fourth-order valence-corrected chi connectivity index (χ4v) is 25.0. The minimum Gasteiger partial charge on any atom is -0.373 e. The van der Waals surface area contributed by atoms with Gasteiger partial charge in [-0.3, -0.25) is 0 Å². The Bertz CT molecular complexity index is 489. The van der Waals surface area contributed by atoms with E-state index in [4.69, 9.17) is 26.6 Å². The van der Waals surface area contributed by atoms with E-state index < -0.39 is 24.0 Å². The van der Waals surface area contributed by atoms with Gasteiger partial charge in [-0.25, -0.2) is 0 Å². The molecule has 11 heteroatoms. The maximum atomic E-state index is 6.44. The molecule has 248 valence electrons. The van der Waals surface area contributed by atoms with Gasteiger partial charge in [0.05, 0.1) is 0 Å². The Morgan fingerprint density at radius 3 is 0.854 bits per heavy atom. The summed E-state index contributed by atoms with van der Waals surface area (Å²) in [5.41, 5.74) is 0. The van der Waals surface area contributed by atoms with Crippen molar-refractivity contribution in [1.29, 1.82) is 0 Å². The summed E-state index contributed by atoms with van der Waals surface area (Å²) in [7, 11) is -5.38. The Labute approximate surface area is 266 Å². The molecule has 0 saturated carbocycles. The monoisotopic (exact) mass is 672 g/mol. The summed E-state index contributed by atoms with van der Waals surface area (Å²) in [5, 5.41) is 0. The molecule has 0 unspecified atom stereocenters. The van der Waals surface area contributed by atoms with Crippen molar-refractivity contribution in [1.82, 2.24) is 0 Å². The maximum absolute atomic E-state index is 6.44. The summed E-state index contributed by atoms with van der Waals surface area (Å²) in [6.07, 6.45) is 9.34. The summed E-state index contributed by atoms with van der Waals surface area (Å²) in [5.74, 6) is 2.12. The molecule has 0 aliphatic carbocycles. The Morgan fingerprint density at radius 1 is 0.366 bits per heavy atom. The smallest absolute Gasteiger partial charge is 0.373 e. The van der Waals surface area contributed by atoms with Crippen LogP contribution in [0.3, 0.4) is 0 Å². The summed E-state index contributed by atoms with van der Waals surface area (Å²) in [6.45, 7) is 21.9. The molecule has 0 radical (unpaired) electrons. The van der Waals surface area contributed by atoms with Gasteiger partial charge in [0.25, 0.3) is 0 Å². The summed E-state index contributed by atoms with van der Waals surface area (Å²) < 4.78 is 38.7. The second-order valence-corrected chi connectivity index (χ2v) is 27.6. The quantitative estimate of drug-likeness (QED) is 0.0655. The molecule has 41 heavy (non-hydrogen) atoms. The maximum Gasteiger partial charge on any atom is 0.501 e. The van der Waals surface area contributed by atoms with Crippen LogP contribution in [0.15, 0.2) is 0 Å². The normalized spacial score (nSPS) is 12.9. The summed E-state index contributed by atoms with van der Waals surface area (Å²) >= 11 is 4.54. The predicted molar refractivity (Wildman–Crippen MR) is 189 cm³/mol. The Kier molecular flexibility index (Phi) is 28.2. The molecule has 0 rings (SSSR count). The minimum atomic E-state index is -2.69. The molecule has 0 aliphatic heterocycles. The van der Waals surface area contributed by atoms with Crippen LogP contribution in [0, 0.1) is 0 Å². The molecule has 0 aliphatic rings. The number of hydrogen-bond donors (Lipinski definition) is 0. The van der Waals surface area contributed by atoms with Gasteiger partial charge < -0.3 is 26.6 Å². The van der Waals surface area contributed by atoms with Crippen LogP contribution in [-0.4, -0.2) is 75.1 Å². The van der Waals surface area contributed by atoms with E-state index >= 15 is 0 Å². The molecule has 0 atom stereocenters. The van der Waals surface area contributed by atoms with E-state index in [-0.39, 0.29) is 0 Å². The van der Waals surface area contributed by atoms with E-state index in [0.29, 0.717) is 39.6 Å². The Balaban J connectivity index is 5.83. The first-order chi connectivity index (χ1) is 19.9. The largest absolute Gasteiger partial charge is 0.501 e. The molecule has 0 aromatic heterocycles. The van der Waals surface area contributed by atoms with Crippen LogP contribution in [-0.2, 0) is 26.6 Å². The zero-order valence-electron chi connectivity index (χ0n) is 28.3. The number of unbranched alkanes of at least 4 members (excludes halogenated alkanes) is 2. The Hall–Kier alpha value is 1.11. The molecule has 0 N–H and O–H groups in total. The van der Waals surface area contributed by atoms with E-state index in [0.717, 1.165) is 62.1 Å². The van der Waals surface area contributed by atoms with Gasteiger partial charge in [-0.05, 0) is 62.1 Å². The first-order valence-electron chi connectivity index (χ1n) is 17.0. The van der Waals surface area contributed by atoms with E-state index in [2.05, 4.69) is 77.8 Å². The molecule has 0 spiro atoms.